The van der Waals surface area contributed by atoms with E-state index in [1.807, 2.05) is 6.92 Å². The molecular formula is C11H16ClN3O. The summed E-state index contributed by atoms with van der Waals surface area (Å²) in [5.41, 5.74) is 6.86. The Morgan fingerprint density at radius 2 is 2.31 bits per heavy atom. The first-order valence-corrected chi connectivity index (χ1v) is 5.64. The number of unbranched alkanes of at least 4 members (excludes halogenated alkanes) is 1. The van der Waals surface area contributed by atoms with Crippen LogP contribution in [0, 0.1) is 6.92 Å². The number of hydrogen-bond donors (Lipinski definition) is 2. The number of hydrogen-bond acceptors (Lipinski definition) is 3. The van der Waals surface area contributed by atoms with E-state index < -0.39 is 0 Å². The highest BCUT2D eigenvalue weighted by atomic mass is 35.5. The van der Waals surface area contributed by atoms with Gasteiger partial charge in [-0.2, -0.15) is 0 Å². The Bertz CT molecular complexity index is 348. The van der Waals surface area contributed by atoms with Crippen LogP contribution in [0.15, 0.2) is 12.3 Å². The zero-order valence-corrected chi connectivity index (χ0v) is 10.0. The molecule has 1 aromatic rings. The van der Waals surface area contributed by atoms with Crippen molar-refractivity contribution in [3.63, 3.8) is 0 Å². The molecule has 0 bridgehead atoms. The lowest BCUT2D eigenvalue weighted by Crippen LogP contribution is -2.13. The lowest BCUT2D eigenvalue weighted by molar-refractivity contribution is -0.116. The molecule has 4 nitrogen and oxygen atoms in total. The third-order valence-electron chi connectivity index (χ3n) is 2.24. The van der Waals surface area contributed by atoms with Crippen molar-refractivity contribution in [1.29, 1.82) is 0 Å². The van der Waals surface area contributed by atoms with Gasteiger partial charge < -0.3 is 11.1 Å². The summed E-state index contributed by atoms with van der Waals surface area (Å²) in [6, 6.07) is 1.81. The molecule has 0 aliphatic carbocycles. The van der Waals surface area contributed by atoms with E-state index in [9.17, 15) is 4.79 Å². The van der Waals surface area contributed by atoms with Crippen LogP contribution in [0.25, 0.3) is 0 Å². The van der Waals surface area contributed by atoms with Crippen molar-refractivity contribution in [1.82, 2.24) is 4.98 Å². The van der Waals surface area contributed by atoms with E-state index in [0.717, 1.165) is 18.4 Å². The topological polar surface area (TPSA) is 68.0 Å². The minimum Gasteiger partial charge on any atom is -0.330 e. The summed E-state index contributed by atoms with van der Waals surface area (Å²) in [6.07, 6.45) is 3.72. The Morgan fingerprint density at radius 3 is 2.94 bits per heavy atom. The Morgan fingerprint density at radius 1 is 1.56 bits per heavy atom. The fraction of sp³-hybridized carbons (Fsp3) is 0.455. The molecule has 1 amide bonds. The Hall–Kier alpha value is -1.13. The van der Waals surface area contributed by atoms with Crippen molar-refractivity contribution in [3.8, 4) is 0 Å². The largest absolute Gasteiger partial charge is 0.330 e. The van der Waals surface area contributed by atoms with Crippen LogP contribution in [0.3, 0.4) is 0 Å². The fourth-order valence-corrected chi connectivity index (χ4v) is 1.56. The predicted molar refractivity (Wildman–Crippen MR) is 65.5 cm³/mol. The second-order valence-corrected chi connectivity index (χ2v) is 3.95. The molecule has 0 saturated carbocycles. The molecule has 0 spiro atoms. The first-order valence-electron chi connectivity index (χ1n) is 5.26. The number of pyridine rings is 1. The number of nitrogens with zero attached hydrogens (tertiary/aromatic N) is 1. The Kier molecular flexibility index (Phi) is 5.22. The van der Waals surface area contributed by atoms with Gasteiger partial charge in [0.25, 0.3) is 0 Å². The molecule has 0 aliphatic rings. The molecule has 1 rings (SSSR count). The summed E-state index contributed by atoms with van der Waals surface area (Å²) >= 11 is 5.89. The molecule has 0 atom stereocenters. The number of carbonyl (C=O) groups excluding carboxylic acids is 1. The molecule has 0 fully saturated rings. The first-order chi connectivity index (χ1) is 7.65. The van der Waals surface area contributed by atoms with Gasteiger partial charge in [0.15, 0.2) is 5.15 Å². The highest BCUT2D eigenvalue weighted by Crippen LogP contribution is 2.22. The lowest BCUT2D eigenvalue weighted by Gasteiger charge is -2.09. The van der Waals surface area contributed by atoms with Gasteiger partial charge in [-0.05, 0) is 37.9 Å². The van der Waals surface area contributed by atoms with Crippen molar-refractivity contribution in [2.24, 2.45) is 5.73 Å². The molecule has 0 aliphatic heterocycles. The van der Waals surface area contributed by atoms with Crippen LogP contribution in [0.1, 0.15) is 24.8 Å². The molecule has 5 heteroatoms. The molecule has 0 unspecified atom stereocenters. The number of nitrogens with one attached hydrogen (secondary N) is 1. The number of carbonyl (C=O) groups is 1. The molecule has 1 aromatic heterocycles. The van der Waals surface area contributed by atoms with Crippen LogP contribution in [0.4, 0.5) is 5.69 Å². The van der Waals surface area contributed by atoms with Gasteiger partial charge in [0.1, 0.15) is 0 Å². The Labute approximate surface area is 100 Å². The minimum absolute atomic E-state index is 0.0496. The normalized spacial score (nSPS) is 10.2. The van der Waals surface area contributed by atoms with E-state index in [-0.39, 0.29) is 5.91 Å². The number of rotatable bonds is 5. The maximum Gasteiger partial charge on any atom is 0.224 e. The van der Waals surface area contributed by atoms with Crippen LogP contribution in [0.2, 0.25) is 5.15 Å². The third kappa shape index (κ3) is 3.79. The van der Waals surface area contributed by atoms with Crippen LogP contribution in [-0.2, 0) is 4.79 Å². The van der Waals surface area contributed by atoms with E-state index in [2.05, 4.69) is 10.3 Å². The molecule has 1 heterocycles. The summed E-state index contributed by atoms with van der Waals surface area (Å²) in [7, 11) is 0. The van der Waals surface area contributed by atoms with Gasteiger partial charge >= 0.3 is 0 Å². The van der Waals surface area contributed by atoms with Crippen molar-refractivity contribution >= 4 is 23.2 Å². The van der Waals surface area contributed by atoms with Gasteiger partial charge in [-0.3, -0.25) is 4.79 Å². The summed E-state index contributed by atoms with van der Waals surface area (Å²) in [5.74, 6) is -0.0496. The highest BCUT2D eigenvalue weighted by molar-refractivity contribution is 6.32. The summed E-state index contributed by atoms with van der Waals surface area (Å²) < 4.78 is 0. The number of amides is 1. The van der Waals surface area contributed by atoms with Gasteiger partial charge in [-0.25, -0.2) is 4.98 Å². The van der Waals surface area contributed by atoms with Crippen LogP contribution in [-0.4, -0.2) is 17.4 Å². The van der Waals surface area contributed by atoms with Gasteiger partial charge in [-0.15, -0.1) is 0 Å². The van der Waals surface area contributed by atoms with Crippen molar-refractivity contribution in [2.75, 3.05) is 11.9 Å². The maximum absolute atomic E-state index is 11.6. The lowest BCUT2D eigenvalue weighted by atomic mass is 10.2. The van der Waals surface area contributed by atoms with Gasteiger partial charge in [0.2, 0.25) is 5.91 Å². The quantitative estimate of drug-likeness (QED) is 0.613. The van der Waals surface area contributed by atoms with Crippen LogP contribution < -0.4 is 11.1 Å². The van der Waals surface area contributed by atoms with Crippen LogP contribution >= 0.6 is 11.6 Å². The third-order valence-corrected chi connectivity index (χ3v) is 2.52. The first kappa shape index (κ1) is 12.9. The number of anilines is 1. The van der Waals surface area contributed by atoms with E-state index in [1.165, 1.54) is 0 Å². The minimum atomic E-state index is -0.0496. The van der Waals surface area contributed by atoms with Crippen molar-refractivity contribution < 1.29 is 4.79 Å². The predicted octanol–water partition coefficient (Wildman–Crippen LogP) is 2.11. The molecule has 3 N–H and O–H groups in total. The smallest absolute Gasteiger partial charge is 0.224 e. The zero-order valence-electron chi connectivity index (χ0n) is 9.29. The molecule has 0 aromatic carbocycles. The van der Waals surface area contributed by atoms with E-state index >= 15 is 0 Å². The van der Waals surface area contributed by atoms with E-state index in [0.29, 0.717) is 23.8 Å². The SMILES string of the molecule is Cc1ccnc(Cl)c1NC(=O)CCCCN. The number of nitrogens with two attached hydrogens (primary N) is 1. The summed E-state index contributed by atoms with van der Waals surface area (Å²) in [5, 5.41) is 3.09. The molecule has 0 saturated heterocycles. The summed E-state index contributed by atoms with van der Waals surface area (Å²) in [4.78, 5) is 15.5. The number of aromatic nitrogens is 1. The van der Waals surface area contributed by atoms with Crippen molar-refractivity contribution in [2.45, 2.75) is 26.2 Å². The average Bonchev–Trinajstić information content (AvgIpc) is 2.24. The molecular weight excluding hydrogens is 226 g/mol. The number of aryl methyl sites for hydroxylation is 1. The van der Waals surface area contributed by atoms with Crippen LogP contribution in [0.5, 0.6) is 0 Å². The zero-order chi connectivity index (χ0) is 12.0. The molecule has 0 radical (unpaired) electrons. The maximum atomic E-state index is 11.6. The second-order valence-electron chi connectivity index (χ2n) is 3.59. The van der Waals surface area contributed by atoms with Gasteiger partial charge in [0, 0.05) is 12.6 Å². The average molecular weight is 242 g/mol. The van der Waals surface area contributed by atoms with Gasteiger partial charge in [0.05, 0.1) is 5.69 Å². The van der Waals surface area contributed by atoms with E-state index in [4.69, 9.17) is 17.3 Å². The van der Waals surface area contributed by atoms with Gasteiger partial charge in [-0.1, -0.05) is 11.6 Å². The van der Waals surface area contributed by atoms with Crippen molar-refractivity contribution in [3.05, 3.63) is 23.0 Å². The number of halogens is 1. The Balaban J connectivity index is 2.56. The molecule has 88 valence electrons. The highest BCUT2D eigenvalue weighted by Gasteiger charge is 2.08. The fourth-order valence-electron chi connectivity index (χ4n) is 1.31. The molecule has 16 heavy (non-hydrogen) atoms. The monoisotopic (exact) mass is 241 g/mol. The summed E-state index contributed by atoms with van der Waals surface area (Å²) in [6.45, 7) is 2.49. The van der Waals surface area contributed by atoms with E-state index in [1.54, 1.807) is 12.3 Å². The standard InChI is InChI=1S/C11H16ClN3O/c1-8-5-7-14-11(12)10(8)15-9(16)4-2-3-6-13/h5,7H,2-4,6,13H2,1H3,(H,15,16). The second kappa shape index (κ2) is 6.45.